The molecule has 2 atom stereocenters. The highest BCUT2D eigenvalue weighted by molar-refractivity contribution is 9.09. The molecule has 0 aromatic heterocycles. The van der Waals surface area contributed by atoms with Gasteiger partial charge in [0.25, 0.3) is 0 Å². The third-order valence-corrected chi connectivity index (χ3v) is 3.67. The first-order valence-electron chi connectivity index (χ1n) is 6.78. The molecule has 124 valence electrons. The van der Waals surface area contributed by atoms with Gasteiger partial charge in [0.15, 0.2) is 0 Å². The molecule has 1 amide bonds. The van der Waals surface area contributed by atoms with E-state index in [9.17, 15) is 18.0 Å². The number of rotatable bonds is 4. The lowest BCUT2D eigenvalue weighted by Gasteiger charge is -2.24. The summed E-state index contributed by atoms with van der Waals surface area (Å²) >= 11 is 3.39. The zero-order valence-electron chi connectivity index (χ0n) is 12.4. The number of halogens is 4. The molecule has 4 nitrogen and oxygen atoms in total. The minimum Gasteiger partial charge on any atom is -0.444 e. The van der Waals surface area contributed by atoms with Crippen molar-refractivity contribution < 1.29 is 27.4 Å². The van der Waals surface area contributed by atoms with Gasteiger partial charge in [-0.05, 0) is 27.2 Å². The number of hydrogen-bond donors (Lipinski definition) is 0. The summed E-state index contributed by atoms with van der Waals surface area (Å²) in [5.74, 6) is 0. The molecule has 0 aromatic carbocycles. The standard InChI is InChI=1S/C13H21BrF3NO3/c1-12(2,3)21-11(19)18-7-9(14)10(8-18)20-6-4-5-13(15,16)17/h9-10H,4-8H2,1-3H3. The SMILES string of the molecule is CC(C)(C)OC(=O)N1CC(Br)C(OCCCC(F)(F)F)C1. The molecular formula is C13H21BrF3NO3. The molecule has 0 saturated carbocycles. The highest BCUT2D eigenvalue weighted by Crippen LogP contribution is 2.24. The van der Waals surface area contributed by atoms with E-state index in [1.165, 1.54) is 4.90 Å². The number of ether oxygens (including phenoxy) is 2. The Balaban J connectivity index is 2.34. The molecule has 0 spiro atoms. The maximum Gasteiger partial charge on any atom is 0.410 e. The summed E-state index contributed by atoms with van der Waals surface area (Å²) in [7, 11) is 0. The van der Waals surface area contributed by atoms with E-state index in [2.05, 4.69) is 15.9 Å². The molecule has 8 heteroatoms. The summed E-state index contributed by atoms with van der Waals surface area (Å²) in [6.07, 6.45) is -5.84. The van der Waals surface area contributed by atoms with Crippen LogP contribution in [0.1, 0.15) is 33.6 Å². The smallest absolute Gasteiger partial charge is 0.410 e. The lowest BCUT2D eigenvalue weighted by Crippen LogP contribution is -2.36. The summed E-state index contributed by atoms with van der Waals surface area (Å²) in [6.45, 7) is 6.08. The van der Waals surface area contributed by atoms with Gasteiger partial charge < -0.3 is 14.4 Å². The molecular weight excluding hydrogens is 355 g/mol. The van der Waals surface area contributed by atoms with E-state index in [4.69, 9.17) is 9.47 Å². The van der Waals surface area contributed by atoms with Crippen molar-refractivity contribution in [3.8, 4) is 0 Å². The number of alkyl halides is 4. The fourth-order valence-electron chi connectivity index (χ4n) is 1.87. The van der Waals surface area contributed by atoms with Crippen LogP contribution in [-0.2, 0) is 9.47 Å². The summed E-state index contributed by atoms with van der Waals surface area (Å²) in [4.78, 5) is 13.3. The van der Waals surface area contributed by atoms with Crippen molar-refractivity contribution in [3.63, 3.8) is 0 Å². The fraction of sp³-hybridized carbons (Fsp3) is 0.923. The summed E-state index contributed by atoms with van der Waals surface area (Å²) in [5, 5.41) is 0. The third kappa shape index (κ3) is 7.35. The lowest BCUT2D eigenvalue weighted by molar-refractivity contribution is -0.138. The van der Waals surface area contributed by atoms with Crippen molar-refractivity contribution in [2.75, 3.05) is 19.7 Å². The Labute approximate surface area is 131 Å². The van der Waals surface area contributed by atoms with Crippen LogP contribution >= 0.6 is 15.9 Å². The summed E-state index contributed by atoms with van der Waals surface area (Å²) in [5.41, 5.74) is -0.579. The highest BCUT2D eigenvalue weighted by atomic mass is 79.9. The van der Waals surface area contributed by atoms with Gasteiger partial charge in [-0.3, -0.25) is 0 Å². The average Bonchev–Trinajstić information content (AvgIpc) is 2.63. The third-order valence-electron chi connectivity index (χ3n) is 2.79. The van der Waals surface area contributed by atoms with Crippen LogP contribution in [0.4, 0.5) is 18.0 Å². The molecule has 0 bridgehead atoms. The van der Waals surface area contributed by atoms with E-state index in [1.807, 2.05) is 0 Å². The molecule has 1 aliphatic heterocycles. The topological polar surface area (TPSA) is 38.8 Å². The largest absolute Gasteiger partial charge is 0.444 e. The number of nitrogens with zero attached hydrogens (tertiary/aromatic N) is 1. The quantitative estimate of drug-likeness (QED) is 0.555. The van der Waals surface area contributed by atoms with Gasteiger partial charge in [0.2, 0.25) is 0 Å². The Kier molecular flexibility index (Phi) is 6.34. The molecule has 1 heterocycles. The van der Waals surface area contributed by atoms with E-state index in [1.54, 1.807) is 20.8 Å². The predicted octanol–water partition coefficient (Wildman–Crippen LogP) is 3.73. The first-order chi connectivity index (χ1) is 9.48. The fourth-order valence-corrected chi connectivity index (χ4v) is 2.54. The van der Waals surface area contributed by atoms with Crippen LogP contribution in [0.2, 0.25) is 0 Å². The summed E-state index contributed by atoms with van der Waals surface area (Å²) < 4.78 is 46.7. The van der Waals surface area contributed by atoms with E-state index in [0.717, 1.165) is 0 Å². The second kappa shape index (κ2) is 7.17. The van der Waals surface area contributed by atoms with Crippen molar-refractivity contribution in [1.29, 1.82) is 0 Å². The van der Waals surface area contributed by atoms with E-state index in [0.29, 0.717) is 13.1 Å². The van der Waals surface area contributed by atoms with Crippen molar-refractivity contribution in [2.24, 2.45) is 0 Å². The minimum atomic E-state index is -4.16. The van der Waals surface area contributed by atoms with Crippen molar-refractivity contribution in [1.82, 2.24) is 4.90 Å². The molecule has 0 aliphatic carbocycles. The number of carbonyl (C=O) groups is 1. The number of amides is 1. The van der Waals surface area contributed by atoms with Crippen LogP contribution in [0.15, 0.2) is 0 Å². The van der Waals surface area contributed by atoms with Crippen LogP contribution in [0.5, 0.6) is 0 Å². The second-order valence-corrected chi connectivity index (χ2v) is 7.21. The lowest BCUT2D eigenvalue weighted by atomic mass is 10.2. The Morgan fingerprint density at radius 3 is 2.43 bits per heavy atom. The monoisotopic (exact) mass is 375 g/mol. The van der Waals surface area contributed by atoms with E-state index in [-0.39, 0.29) is 24.0 Å². The van der Waals surface area contributed by atoms with Crippen LogP contribution in [0, 0.1) is 0 Å². The molecule has 2 unspecified atom stereocenters. The van der Waals surface area contributed by atoms with Gasteiger partial charge in [0.05, 0.1) is 17.5 Å². The minimum absolute atomic E-state index is 0.0223. The number of likely N-dealkylation sites (tertiary alicyclic amines) is 1. The molecule has 1 fully saturated rings. The summed E-state index contributed by atoms with van der Waals surface area (Å²) in [6, 6.07) is 0. The maximum atomic E-state index is 12.0. The Hall–Kier alpha value is -0.500. The second-order valence-electron chi connectivity index (χ2n) is 6.03. The van der Waals surface area contributed by atoms with Crippen LogP contribution in [0.25, 0.3) is 0 Å². The van der Waals surface area contributed by atoms with Crippen molar-refractivity contribution >= 4 is 22.0 Å². The number of carbonyl (C=O) groups excluding carboxylic acids is 1. The Bertz CT molecular complexity index is 358. The van der Waals surface area contributed by atoms with Crippen LogP contribution in [0.3, 0.4) is 0 Å². The first kappa shape index (κ1) is 18.5. The Morgan fingerprint density at radius 1 is 1.29 bits per heavy atom. The molecule has 0 N–H and O–H groups in total. The predicted molar refractivity (Wildman–Crippen MR) is 75.6 cm³/mol. The first-order valence-corrected chi connectivity index (χ1v) is 7.70. The van der Waals surface area contributed by atoms with Gasteiger partial charge in [0, 0.05) is 19.6 Å². The molecule has 0 aromatic rings. The van der Waals surface area contributed by atoms with Crippen LogP contribution < -0.4 is 0 Å². The highest BCUT2D eigenvalue weighted by Gasteiger charge is 2.36. The molecule has 21 heavy (non-hydrogen) atoms. The van der Waals surface area contributed by atoms with Gasteiger partial charge in [-0.25, -0.2) is 4.79 Å². The zero-order chi connectivity index (χ0) is 16.3. The van der Waals surface area contributed by atoms with Crippen molar-refractivity contribution in [3.05, 3.63) is 0 Å². The number of hydrogen-bond acceptors (Lipinski definition) is 3. The van der Waals surface area contributed by atoms with Gasteiger partial charge >= 0.3 is 12.3 Å². The van der Waals surface area contributed by atoms with E-state index < -0.39 is 24.3 Å². The maximum absolute atomic E-state index is 12.0. The molecule has 1 saturated heterocycles. The molecule has 1 rings (SSSR count). The van der Waals surface area contributed by atoms with E-state index >= 15 is 0 Å². The van der Waals surface area contributed by atoms with Gasteiger partial charge in [-0.15, -0.1) is 0 Å². The molecule has 1 aliphatic rings. The zero-order valence-corrected chi connectivity index (χ0v) is 14.0. The Morgan fingerprint density at radius 2 is 1.90 bits per heavy atom. The van der Waals surface area contributed by atoms with Gasteiger partial charge in [0.1, 0.15) is 5.60 Å². The average molecular weight is 376 g/mol. The molecule has 0 radical (unpaired) electrons. The van der Waals surface area contributed by atoms with Gasteiger partial charge in [-0.1, -0.05) is 15.9 Å². The normalized spacial score (nSPS) is 23.5. The van der Waals surface area contributed by atoms with Crippen LogP contribution in [-0.4, -0.2) is 53.4 Å². The van der Waals surface area contributed by atoms with Crippen molar-refractivity contribution in [2.45, 2.75) is 56.3 Å². The van der Waals surface area contributed by atoms with Gasteiger partial charge in [-0.2, -0.15) is 13.2 Å².